The van der Waals surface area contributed by atoms with Crippen molar-refractivity contribution in [2.24, 2.45) is 0 Å². The van der Waals surface area contributed by atoms with Crippen LogP contribution in [0.15, 0.2) is 22.7 Å². The lowest BCUT2D eigenvalue weighted by molar-refractivity contribution is 0.282. The van der Waals surface area contributed by atoms with Crippen LogP contribution in [0.2, 0.25) is 0 Å². The van der Waals surface area contributed by atoms with Gasteiger partial charge in [0.15, 0.2) is 0 Å². The van der Waals surface area contributed by atoms with Gasteiger partial charge in [0.1, 0.15) is 0 Å². The van der Waals surface area contributed by atoms with Gasteiger partial charge >= 0.3 is 0 Å². The molecule has 0 radical (unpaired) electrons. The molecule has 0 saturated carbocycles. The topological polar surface area (TPSA) is 23.5 Å². The Balaban J connectivity index is 2.19. The minimum Gasteiger partial charge on any atom is -0.392 e. The van der Waals surface area contributed by atoms with Gasteiger partial charge in [-0.1, -0.05) is 6.07 Å². The second kappa shape index (κ2) is 4.99. The standard InChI is InChI=1S/C12H16BrNO/c13-11-8-10(9-15)4-5-12(11)14-6-2-1-3-7-14/h4-5,8,15H,1-3,6-7,9H2. The molecule has 2 nitrogen and oxygen atoms in total. The molecule has 1 saturated heterocycles. The van der Waals surface area contributed by atoms with Crippen LogP contribution in [0, 0.1) is 0 Å². The third-order valence-electron chi connectivity index (χ3n) is 2.89. The van der Waals surface area contributed by atoms with E-state index in [1.54, 1.807) is 0 Å². The van der Waals surface area contributed by atoms with Crippen LogP contribution in [0.4, 0.5) is 5.69 Å². The van der Waals surface area contributed by atoms with E-state index < -0.39 is 0 Å². The number of hydrogen-bond acceptors (Lipinski definition) is 2. The Morgan fingerprint density at radius 3 is 2.53 bits per heavy atom. The summed E-state index contributed by atoms with van der Waals surface area (Å²) in [5, 5.41) is 9.03. The Bertz CT molecular complexity index is 334. The van der Waals surface area contributed by atoms with Gasteiger partial charge in [0.05, 0.1) is 12.3 Å². The monoisotopic (exact) mass is 269 g/mol. The zero-order valence-corrected chi connectivity index (χ0v) is 10.3. The molecule has 15 heavy (non-hydrogen) atoms. The Kier molecular flexibility index (Phi) is 3.65. The molecule has 1 fully saturated rings. The summed E-state index contributed by atoms with van der Waals surface area (Å²) in [6, 6.07) is 6.10. The lowest BCUT2D eigenvalue weighted by atomic mass is 10.1. The molecule has 0 amide bonds. The summed E-state index contributed by atoms with van der Waals surface area (Å²) in [4.78, 5) is 2.41. The first-order valence-electron chi connectivity index (χ1n) is 5.45. The number of anilines is 1. The summed E-state index contributed by atoms with van der Waals surface area (Å²) in [5.41, 5.74) is 2.22. The van der Waals surface area contributed by atoms with Gasteiger partial charge in [-0.25, -0.2) is 0 Å². The highest BCUT2D eigenvalue weighted by Crippen LogP contribution is 2.29. The van der Waals surface area contributed by atoms with Gasteiger partial charge in [0, 0.05) is 17.6 Å². The van der Waals surface area contributed by atoms with E-state index in [4.69, 9.17) is 5.11 Å². The SMILES string of the molecule is OCc1ccc(N2CCCCC2)c(Br)c1. The summed E-state index contributed by atoms with van der Waals surface area (Å²) in [6.07, 6.45) is 3.92. The third-order valence-corrected chi connectivity index (χ3v) is 3.53. The lowest BCUT2D eigenvalue weighted by Gasteiger charge is -2.29. The van der Waals surface area contributed by atoms with Gasteiger partial charge < -0.3 is 10.0 Å². The van der Waals surface area contributed by atoms with E-state index in [9.17, 15) is 0 Å². The fourth-order valence-corrected chi connectivity index (χ4v) is 2.72. The van der Waals surface area contributed by atoms with E-state index in [1.807, 2.05) is 12.1 Å². The number of aliphatic hydroxyl groups is 1. The average molecular weight is 270 g/mol. The van der Waals surface area contributed by atoms with Crippen LogP contribution < -0.4 is 4.90 Å². The summed E-state index contributed by atoms with van der Waals surface area (Å²) in [6.45, 7) is 2.41. The van der Waals surface area contributed by atoms with Crippen LogP contribution >= 0.6 is 15.9 Å². The molecule has 3 heteroatoms. The molecule has 1 aliphatic heterocycles. The summed E-state index contributed by atoms with van der Waals surface area (Å²) in [5.74, 6) is 0. The minimum absolute atomic E-state index is 0.110. The number of aliphatic hydroxyl groups excluding tert-OH is 1. The Labute approximate surface area is 99.0 Å². The summed E-state index contributed by atoms with van der Waals surface area (Å²) >= 11 is 3.57. The zero-order valence-electron chi connectivity index (χ0n) is 8.75. The van der Waals surface area contributed by atoms with Crippen LogP contribution in [0.1, 0.15) is 24.8 Å². The number of hydrogen-bond donors (Lipinski definition) is 1. The van der Waals surface area contributed by atoms with Gasteiger partial charge in [-0.05, 0) is 52.9 Å². The molecule has 0 atom stereocenters. The van der Waals surface area contributed by atoms with Crippen molar-refractivity contribution in [3.8, 4) is 0 Å². The highest BCUT2D eigenvalue weighted by Gasteiger charge is 2.13. The normalized spacial score (nSPS) is 16.8. The molecule has 0 aliphatic carbocycles. The molecule has 82 valence electrons. The van der Waals surface area contributed by atoms with Crippen molar-refractivity contribution in [1.29, 1.82) is 0 Å². The van der Waals surface area contributed by atoms with Crippen LogP contribution in [0.25, 0.3) is 0 Å². The van der Waals surface area contributed by atoms with Crippen LogP contribution in [0.5, 0.6) is 0 Å². The Hall–Kier alpha value is -0.540. The quantitative estimate of drug-likeness (QED) is 0.893. The van der Waals surface area contributed by atoms with Crippen molar-refractivity contribution in [3.63, 3.8) is 0 Å². The molecular formula is C12H16BrNO. The molecule has 0 unspecified atom stereocenters. The third kappa shape index (κ3) is 2.52. The van der Waals surface area contributed by atoms with Crippen LogP contribution in [-0.2, 0) is 6.61 Å². The van der Waals surface area contributed by atoms with Crippen molar-refractivity contribution in [2.75, 3.05) is 18.0 Å². The molecule has 0 bridgehead atoms. The molecule has 0 spiro atoms. The predicted molar refractivity (Wildman–Crippen MR) is 66.1 cm³/mol. The van der Waals surface area contributed by atoms with Crippen molar-refractivity contribution >= 4 is 21.6 Å². The van der Waals surface area contributed by atoms with Gasteiger partial charge in [0.2, 0.25) is 0 Å². The first-order chi connectivity index (χ1) is 7.31. The van der Waals surface area contributed by atoms with Crippen molar-refractivity contribution in [3.05, 3.63) is 28.2 Å². The molecule has 1 aromatic rings. The maximum atomic E-state index is 9.03. The van der Waals surface area contributed by atoms with Gasteiger partial charge in [-0.3, -0.25) is 0 Å². The second-order valence-corrected chi connectivity index (χ2v) is 4.85. The highest BCUT2D eigenvalue weighted by atomic mass is 79.9. The number of benzene rings is 1. The molecule has 1 aliphatic rings. The smallest absolute Gasteiger partial charge is 0.0682 e. The van der Waals surface area contributed by atoms with E-state index in [1.165, 1.54) is 24.9 Å². The molecule has 1 aromatic carbocycles. The summed E-state index contributed by atoms with van der Waals surface area (Å²) in [7, 11) is 0. The molecule has 0 aromatic heterocycles. The molecular weight excluding hydrogens is 254 g/mol. The number of halogens is 1. The van der Waals surface area contributed by atoms with E-state index in [2.05, 4.69) is 26.9 Å². The number of piperidine rings is 1. The highest BCUT2D eigenvalue weighted by molar-refractivity contribution is 9.10. The van der Waals surface area contributed by atoms with Gasteiger partial charge in [-0.15, -0.1) is 0 Å². The zero-order chi connectivity index (χ0) is 10.7. The number of nitrogens with zero attached hydrogens (tertiary/aromatic N) is 1. The first kappa shape index (κ1) is 11.0. The van der Waals surface area contributed by atoms with E-state index in [0.717, 1.165) is 23.1 Å². The largest absolute Gasteiger partial charge is 0.392 e. The predicted octanol–water partition coefficient (Wildman–Crippen LogP) is 2.93. The minimum atomic E-state index is 0.110. The van der Waals surface area contributed by atoms with Crippen molar-refractivity contribution < 1.29 is 5.11 Å². The van der Waals surface area contributed by atoms with Gasteiger partial charge in [0.25, 0.3) is 0 Å². The Morgan fingerprint density at radius 2 is 1.93 bits per heavy atom. The second-order valence-electron chi connectivity index (χ2n) is 3.99. The molecule has 1 N–H and O–H groups in total. The number of rotatable bonds is 2. The lowest BCUT2D eigenvalue weighted by Crippen LogP contribution is -2.29. The van der Waals surface area contributed by atoms with Crippen LogP contribution in [0.3, 0.4) is 0 Å². The molecule has 2 rings (SSSR count). The van der Waals surface area contributed by atoms with E-state index in [0.29, 0.717) is 0 Å². The fraction of sp³-hybridized carbons (Fsp3) is 0.500. The maximum absolute atomic E-state index is 9.03. The van der Waals surface area contributed by atoms with Crippen molar-refractivity contribution in [2.45, 2.75) is 25.9 Å². The first-order valence-corrected chi connectivity index (χ1v) is 6.25. The van der Waals surface area contributed by atoms with Crippen LogP contribution in [-0.4, -0.2) is 18.2 Å². The van der Waals surface area contributed by atoms with Crippen molar-refractivity contribution in [1.82, 2.24) is 0 Å². The average Bonchev–Trinajstić information content (AvgIpc) is 2.30. The fourth-order valence-electron chi connectivity index (χ4n) is 2.04. The Morgan fingerprint density at radius 1 is 1.20 bits per heavy atom. The van der Waals surface area contributed by atoms with E-state index >= 15 is 0 Å². The maximum Gasteiger partial charge on any atom is 0.0682 e. The molecule has 1 heterocycles. The van der Waals surface area contributed by atoms with Gasteiger partial charge in [-0.2, -0.15) is 0 Å². The van der Waals surface area contributed by atoms with E-state index in [-0.39, 0.29) is 6.61 Å². The summed E-state index contributed by atoms with van der Waals surface area (Å²) < 4.78 is 1.09.